The number of amides is 1. The van der Waals surface area contributed by atoms with E-state index in [0.717, 1.165) is 37.9 Å². The predicted octanol–water partition coefficient (Wildman–Crippen LogP) is 1.64. The number of carbonyl (C=O) groups is 1. The van der Waals surface area contributed by atoms with Crippen LogP contribution >= 0.6 is 0 Å². The lowest BCUT2D eigenvalue weighted by Gasteiger charge is -2.24. The molecule has 1 amide bonds. The first-order valence-electron chi connectivity index (χ1n) is 7.68. The predicted molar refractivity (Wildman–Crippen MR) is 81.7 cm³/mol. The zero-order valence-electron chi connectivity index (χ0n) is 12.4. The summed E-state index contributed by atoms with van der Waals surface area (Å²) in [6.45, 7) is 0.991. The number of hydrogen-bond donors (Lipinski definition) is 1. The van der Waals surface area contributed by atoms with Gasteiger partial charge in [-0.25, -0.2) is 4.68 Å². The Morgan fingerprint density at radius 1 is 1.32 bits per heavy atom. The number of aliphatic hydroxyl groups is 1. The van der Waals surface area contributed by atoms with Crippen molar-refractivity contribution in [2.75, 3.05) is 13.2 Å². The molecular formula is C16H20N4O2. The van der Waals surface area contributed by atoms with E-state index in [1.165, 1.54) is 0 Å². The number of carbonyl (C=O) groups excluding carboxylic acids is 1. The summed E-state index contributed by atoms with van der Waals surface area (Å²) in [6, 6.07) is 7.68. The number of benzene rings is 1. The van der Waals surface area contributed by atoms with Crippen LogP contribution in [0.3, 0.4) is 0 Å². The second kappa shape index (κ2) is 6.70. The highest BCUT2D eigenvalue weighted by Gasteiger charge is 2.28. The molecule has 0 aliphatic carbocycles. The second-order valence-electron chi connectivity index (χ2n) is 5.55. The molecular weight excluding hydrogens is 280 g/mol. The highest BCUT2D eigenvalue weighted by atomic mass is 16.3. The van der Waals surface area contributed by atoms with Gasteiger partial charge in [0.1, 0.15) is 0 Å². The van der Waals surface area contributed by atoms with Crippen LogP contribution in [0.4, 0.5) is 0 Å². The minimum absolute atomic E-state index is 0.0746. The Morgan fingerprint density at radius 3 is 2.82 bits per heavy atom. The van der Waals surface area contributed by atoms with Gasteiger partial charge in [-0.1, -0.05) is 5.21 Å². The van der Waals surface area contributed by atoms with E-state index in [4.69, 9.17) is 5.11 Å². The molecule has 116 valence electrons. The molecule has 6 heteroatoms. The SMILES string of the molecule is O=C(c1ccc(-n2ccnn2)cc1)N1CCCC1CCCO. The zero-order valence-corrected chi connectivity index (χ0v) is 12.4. The fourth-order valence-electron chi connectivity index (χ4n) is 3.00. The van der Waals surface area contributed by atoms with Crippen molar-refractivity contribution in [3.8, 4) is 5.69 Å². The third kappa shape index (κ3) is 3.01. The van der Waals surface area contributed by atoms with Gasteiger partial charge in [-0.05, 0) is 49.9 Å². The highest BCUT2D eigenvalue weighted by molar-refractivity contribution is 5.94. The molecule has 3 rings (SSSR count). The Balaban J connectivity index is 1.72. The molecule has 2 heterocycles. The third-order valence-corrected chi connectivity index (χ3v) is 4.13. The molecule has 1 fully saturated rings. The molecule has 0 spiro atoms. The van der Waals surface area contributed by atoms with Crippen LogP contribution in [-0.4, -0.2) is 50.1 Å². The Labute approximate surface area is 129 Å². The molecule has 1 saturated heterocycles. The summed E-state index contributed by atoms with van der Waals surface area (Å²) in [4.78, 5) is 14.6. The average Bonchev–Trinajstić information content (AvgIpc) is 3.24. The van der Waals surface area contributed by atoms with E-state index in [1.54, 1.807) is 17.1 Å². The lowest BCUT2D eigenvalue weighted by atomic mass is 10.1. The number of nitrogens with zero attached hydrogens (tertiary/aromatic N) is 4. The van der Waals surface area contributed by atoms with E-state index in [-0.39, 0.29) is 18.6 Å². The van der Waals surface area contributed by atoms with Crippen LogP contribution in [0.25, 0.3) is 5.69 Å². The maximum absolute atomic E-state index is 12.6. The van der Waals surface area contributed by atoms with E-state index in [9.17, 15) is 4.79 Å². The lowest BCUT2D eigenvalue weighted by Crippen LogP contribution is -2.35. The Morgan fingerprint density at radius 2 is 2.14 bits per heavy atom. The van der Waals surface area contributed by atoms with Crippen LogP contribution in [0, 0.1) is 0 Å². The van der Waals surface area contributed by atoms with Crippen LogP contribution in [0.15, 0.2) is 36.7 Å². The van der Waals surface area contributed by atoms with Gasteiger partial charge in [-0.2, -0.15) is 0 Å². The number of aliphatic hydroxyl groups excluding tert-OH is 1. The van der Waals surface area contributed by atoms with Crippen LogP contribution < -0.4 is 0 Å². The van der Waals surface area contributed by atoms with E-state index in [0.29, 0.717) is 5.56 Å². The maximum atomic E-state index is 12.6. The van der Waals surface area contributed by atoms with Crippen molar-refractivity contribution in [2.24, 2.45) is 0 Å². The first kappa shape index (κ1) is 14.7. The molecule has 1 aliphatic heterocycles. The quantitative estimate of drug-likeness (QED) is 0.911. The van der Waals surface area contributed by atoms with Gasteiger partial charge in [0.05, 0.1) is 18.1 Å². The highest BCUT2D eigenvalue weighted by Crippen LogP contribution is 2.23. The van der Waals surface area contributed by atoms with Crippen molar-refractivity contribution in [3.05, 3.63) is 42.2 Å². The number of aromatic nitrogens is 3. The Kier molecular flexibility index (Phi) is 4.48. The van der Waals surface area contributed by atoms with Crippen LogP contribution in [0.5, 0.6) is 0 Å². The molecule has 1 N–H and O–H groups in total. The monoisotopic (exact) mass is 300 g/mol. The molecule has 22 heavy (non-hydrogen) atoms. The number of hydrogen-bond acceptors (Lipinski definition) is 4. The van der Waals surface area contributed by atoms with Crippen molar-refractivity contribution < 1.29 is 9.90 Å². The number of rotatable bonds is 5. The smallest absolute Gasteiger partial charge is 0.254 e. The van der Waals surface area contributed by atoms with Crippen molar-refractivity contribution in [1.82, 2.24) is 19.9 Å². The molecule has 0 radical (unpaired) electrons. The molecule has 1 aromatic heterocycles. The summed E-state index contributed by atoms with van der Waals surface area (Å²) in [5.74, 6) is 0.0746. The summed E-state index contributed by atoms with van der Waals surface area (Å²) in [5, 5.41) is 16.7. The molecule has 0 saturated carbocycles. The minimum atomic E-state index is 0.0746. The van der Waals surface area contributed by atoms with E-state index >= 15 is 0 Å². The number of likely N-dealkylation sites (tertiary alicyclic amines) is 1. The second-order valence-corrected chi connectivity index (χ2v) is 5.55. The van der Waals surface area contributed by atoms with Crippen LogP contribution in [-0.2, 0) is 0 Å². The van der Waals surface area contributed by atoms with Crippen molar-refractivity contribution in [3.63, 3.8) is 0 Å². The molecule has 1 aromatic carbocycles. The Bertz CT molecular complexity index is 610. The van der Waals surface area contributed by atoms with Gasteiger partial charge in [-0.3, -0.25) is 4.79 Å². The molecule has 1 aliphatic rings. The van der Waals surface area contributed by atoms with Gasteiger partial charge >= 0.3 is 0 Å². The van der Waals surface area contributed by atoms with Gasteiger partial charge in [0.15, 0.2) is 0 Å². The first-order valence-corrected chi connectivity index (χ1v) is 7.68. The molecule has 6 nitrogen and oxygen atoms in total. The fourth-order valence-corrected chi connectivity index (χ4v) is 3.00. The largest absolute Gasteiger partial charge is 0.396 e. The van der Waals surface area contributed by atoms with Gasteiger partial charge < -0.3 is 10.0 Å². The summed E-state index contributed by atoms with van der Waals surface area (Å²) in [5.41, 5.74) is 1.58. The van der Waals surface area contributed by atoms with Crippen LogP contribution in [0.2, 0.25) is 0 Å². The van der Waals surface area contributed by atoms with E-state index in [1.807, 2.05) is 29.2 Å². The average molecular weight is 300 g/mol. The molecule has 1 unspecified atom stereocenters. The van der Waals surface area contributed by atoms with E-state index in [2.05, 4.69) is 10.3 Å². The summed E-state index contributed by atoms with van der Waals surface area (Å²) < 4.78 is 1.66. The fraction of sp³-hybridized carbons (Fsp3) is 0.438. The minimum Gasteiger partial charge on any atom is -0.396 e. The van der Waals surface area contributed by atoms with E-state index < -0.39 is 0 Å². The van der Waals surface area contributed by atoms with Crippen molar-refractivity contribution >= 4 is 5.91 Å². The van der Waals surface area contributed by atoms with Crippen LogP contribution in [0.1, 0.15) is 36.0 Å². The molecule has 1 atom stereocenters. The van der Waals surface area contributed by atoms with Gasteiger partial charge in [0.2, 0.25) is 0 Å². The first-order chi connectivity index (χ1) is 10.8. The lowest BCUT2D eigenvalue weighted by molar-refractivity contribution is 0.0724. The summed E-state index contributed by atoms with van der Waals surface area (Å²) >= 11 is 0. The van der Waals surface area contributed by atoms with Gasteiger partial charge in [-0.15, -0.1) is 5.10 Å². The summed E-state index contributed by atoms with van der Waals surface area (Å²) in [6.07, 6.45) is 7.08. The van der Waals surface area contributed by atoms with Gasteiger partial charge in [0, 0.05) is 24.8 Å². The van der Waals surface area contributed by atoms with Gasteiger partial charge in [0.25, 0.3) is 5.91 Å². The molecule has 2 aromatic rings. The maximum Gasteiger partial charge on any atom is 0.254 e. The Hall–Kier alpha value is -2.21. The normalized spacial score (nSPS) is 17.9. The van der Waals surface area contributed by atoms with Crippen molar-refractivity contribution in [2.45, 2.75) is 31.7 Å². The third-order valence-electron chi connectivity index (χ3n) is 4.13. The summed E-state index contributed by atoms with van der Waals surface area (Å²) in [7, 11) is 0. The topological polar surface area (TPSA) is 71.2 Å². The van der Waals surface area contributed by atoms with Crippen molar-refractivity contribution in [1.29, 1.82) is 0 Å². The zero-order chi connectivity index (χ0) is 15.4. The molecule has 0 bridgehead atoms. The standard InChI is InChI=1S/C16H20N4O2/c21-12-2-4-14-3-1-10-19(14)16(22)13-5-7-15(8-6-13)20-11-9-17-18-20/h5-9,11,14,21H,1-4,10,12H2.